The first-order valence-electron chi connectivity index (χ1n) is 9.58. The fourth-order valence-corrected chi connectivity index (χ4v) is 4.46. The molecule has 33 heavy (non-hydrogen) atoms. The maximum absolute atomic E-state index is 12.9. The largest absolute Gasteiger partial charge is 0.495 e. The second-order valence-corrected chi connectivity index (χ2v) is 8.79. The number of hydrogen-bond donors (Lipinski definition) is 2. The number of nitrogens with zero attached hydrogens (tertiary/aromatic N) is 1. The highest BCUT2D eigenvalue weighted by Gasteiger charge is 2.16. The highest BCUT2D eigenvalue weighted by molar-refractivity contribution is 9.11. The van der Waals surface area contributed by atoms with Crippen molar-refractivity contribution in [2.75, 3.05) is 7.11 Å². The van der Waals surface area contributed by atoms with Crippen molar-refractivity contribution in [2.45, 2.75) is 0 Å². The van der Waals surface area contributed by atoms with Gasteiger partial charge in [-0.15, -0.1) is 0 Å². The molecule has 0 aliphatic heterocycles. The van der Waals surface area contributed by atoms with Crippen LogP contribution in [0, 0.1) is 0 Å². The molecule has 0 aromatic heterocycles. The van der Waals surface area contributed by atoms with Crippen LogP contribution in [-0.4, -0.2) is 25.1 Å². The normalized spacial score (nSPS) is 11.3. The standard InChI is InChI=1S/C24H18Br2ClN3O3/c1-33-22-16(12-17(25)13-19(22)26)14-28-30-24(32)21(11-15-7-3-2-4-8-15)29-23(31)18-9-5-6-10-20(18)27/h2-14H,1H3,(H,29,31)(H,30,32)/b21-11+,28-14+. The van der Waals surface area contributed by atoms with E-state index in [1.807, 2.05) is 36.4 Å². The van der Waals surface area contributed by atoms with E-state index in [1.54, 1.807) is 36.4 Å². The monoisotopic (exact) mass is 589 g/mol. The quantitative estimate of drug-likeness (QED) is 0.207. The molecular weight excluding hydrogens is 574 g/mol. The Bertz CT molecular complexity index is 1230. The van der Waals surface area contributed by atoms with Crippen molar-refractivity contribution in [3.8, 4) is 5.75 Å². The third kappa shape index (κ3) is 6.77. The molecule has 0 saturated carbocycles. The van der Waals surface area contributed by atoms with Gasteiger partial charge in [-0.1, -0.05) is 70.0 Å². The zero-order valence-corrected chi connectivity index (χ0v) is 21.2. The van der Waals surface area contributed by atoms with Crippen molar-refractivity contribution in [3.63, 3.8) is 0 Å². The fourth-order valence-electron chi connectivity index (χ4n) is 2.82. The molecule has 6 nitrogen and oxygen atoms in total. The lowest BCUT2D eigenvalue weighted by Crippen LogP contribution is -2.33. The number of rotatable bonds is 7. The van der Waals surface area contributed by atoms with Crippen molar-refractivity contribution >= 4 is 67.6 Å². The summed E-state index contributed by atoms with van der Waals surface area (Å²) in [6.07, 6.45) is 3.00. The SMILES string of the molecule is COc1c(Br)cc(Br)cc1/C=N/NC(=O)/C(=C\c1ccccc1)NC(=O)c1ccccc1Cl. The lowest BCUT2D eigenvalue weighted by Gasteiger charge is -2.10. The predicted octanol–water partition coefficient (Wildman–Crippen LogP) is 5.79. The molecule has 9 heteroatoms. The van der Waals surface area contributed by atoms with E-state index in [0.29, 0.717) is 11.3 Å². The topological polar surface area (TPSA) is 79.8 Å². The van der Waals surface area contributed by atoms with Gasteiger partial charge in [0.2, 0.25) is 0 Å². The molecule has 2 amide bonds. The first-order valence-corrected chi connectivity index (χ1v) is 11.5. The van der Waals surface area contributed by atoms with Crippen LogP contribution in [0.5, 0.6) is 5.75 Å². The van der Waals surface area contributed by atoms with Gasteiger partial charge in [-0.2, -0.15) is 5.10 Å². The van der Waals surface area contributed by atoms with Crippen molar-refractivity contribution < 1.29 is 14.3 Å². The van der Waals surface area contributed by atoms with Gasteiger partial charge in [0, 0.05) is 10.0 Å². The average Bonchev–Trinajstić information content (AvgIpc) is 2.79. The third-order valence-electron chi connectivity index (χ3n) is 4.33. The number of halogens is 3. The molecule has 0 radical (unpaired) electrons. The molecule has 0 saturated heterocycles. The van der Waals surface area contributed by atoms with E-state index >= 15 is 0 Å². The number of ether oxygens (including phenoxy) is 1. The number of hydrazone groups is 1. The van der Waals surface area contributed by atoms with Crippen LogP contribution in [0.2, 0.25) is 5.02 Å². The van der Waals surface area contributed by atoms with E-state index in [2.05, 4.69) is 47.7 Å². The molecule has 0 atom stereocenters. The number of nitrogens with one attached hydrogen (secondary N) is 2. The summed E-state index contributed by atoms with van der Waals surface area (Å²) in [6.45, 7) is 0. The number of benzene rings is 3. The second kappa shape index (κ2) is 11.8. The van der Waals surface area contributed by atoms with Crippen LogP contribution in [-0.2, 0) is 4.79 Å². The minimum atomic E-state index is -0.608. The van der Waals surface area contributed by atoms with Gasteiger partial charge in [0.25, 0.3) is 11.8 Å². The van der Waals surface area contributed by atoms with Crippen LogP contribution in [0.3, 0.4) is 0 Å². The zero-order chi connectivity index (χ0) is 23.8. The Morgan fingerprint density at radius 2 is 1.73 bits per heavy atom. The molecule has 2 N–H and O–H groups in total. The van der Waals surface area contributed by atoms with E-state index in [-0.39, 0.29) is 16.3 Å². The molecule has 0 unspecified atom stereocenters. The van der Waals surface area contributed by atoms with E-state index in [0.717, 1.165) is 14.5 Å². The number of amides is 2. The summed E-state index contributed by atoms with van der Waals surface area (Å²) >= 11 is 13.0. The van der Waals surface area contributed by atoms with Crippen LogP contribution in [0.1, 0.15) is 21.5 Å². The van der Waals surface area contributed by atoms with Crippen LogP contribution in [0.25, 0.3) is 6.08 Å². The summed E-state index contributed by atoms with van der Waals surface area (Å²) in [7, 11) is 1.54. The number of carbonyl (C=O) groups is 2. The fraction of sp³-hybridized carbons (Fsp3) is 0.0417. The van der Waals surface area contributed by atoms with Crippen LogP contribution in [0.4, 0.5) is 0 Å². The van der Waals surface area contributed by atoms with Crippen molar-refractivity contribution in [3.05, 3.63) is 103 Å². The van der Waals surface area contributed by atoms with Crippen LogP contribution in [0.15, 0.2) is 86.5 Å². The average molecular weight is 592 g/mol. The highest BCUT2D eigenvalue weighted by Crippen LogP contribution is 2.31. The Kier molecular flexibility index (Phi) is 8.82. The van der Waals surface area contributed by atoms with Crippen molar-refractivity contribution in [2.24, 2.45) is 5.10 Å². The molecule has 0 heterocycles. The lowest BCUT2D eigenvalue weighted by atomic mass is 10.1. The Morgan fingerprint density at radius 3 is 2.42 bits per heavy atom. The maximum Gasteiger partial charge on any atom is 0.287 e. The van der Waals surface area contributed by atoms with Crippen molar-refractivity contribution in [1.29, 1.82) is 0 Å². The van der Waals surface area contributed by atoms with Gasteiger partial charge in [0.15, 0.2) is 0 Å². The van der Waals surface area contributed by atoms with E-state index in [9.17, 15) is 9.59 Å². The summed E-state index contributed by atoms with van der Waals surface area (Å²) in [5.41, 5.74) is 4.05. The predicted molar refractivity (Wildman–Crippen MR) is 137 cm³/mol. The van der Waals surface area contributed by atoms with E-state index in [1.165, 1.54) is 13.3 Å². The molecule has 3 aromatic rings. The summed E-state index contributed by atoms with van der Waals surface area (Å²) in [6, 6.07) is 19.3. The zero-order valence-electron chi connectivity index (χ0n) is 17.3. The first-order chi connectivity index (χ1) is 15.9. The molecule has 0 aliphatic carbocycles. The first kappa shape index (κ1) is 24.7. The molecule has 3 aromatic carbocycles. The van der Waals surface area contributed by atoms with Gasteiger partial charge in [-0.25, -0.2) is 5.43 Å². The third-order valence-corrected chi connectivity index (χ3v) is 5.71. The Hall–Kier alpha value is -2.94. The van der Waals surface area contributed by atoms with Gasteiger partial charge in [-0.3, -0.25) is 9.59 Å². The van der Waals surface area contributed by atoms with Gasteiger partial charge in [0.05, 0.1) is 28.4 Å². The smallest absolute Gasteiger partial charge is 0.287 e. The molecular formula is C24H18Br2ClN3O3. The highest BCUT2D eigenvalue weighted by atomic mass is 79.9. The van der Waals surface area contributed by atoms with Crippen molar-refractivity contribution in [1.82, 2.24) is 10.7 Å². The Labute approximate surface area is 212 Å². The van der Waals surface area contributed by atoms with Gasteiger partial charge in [-0.05, 0) is 51.8 Å². The molecule has 0 spiro atoms. The molecule has 3 rings (SSSR count). The summed E-state index contributed by atoms with van der Waals surface area (Å²) in [5.74, 6) is -0.564. The molecule has 0 fully saturated rings. The van der Waals surface area contributed by atoms with Crippen LogP contribution < -0.4 is 15.5 Å². The Balaban J connectivity index is 1.84. The second-order valence-electron chi connectivity index (χ2n) is 6.61. The van der Waals surface area contributed by atoms with Crippen LogP contribution >= 0.6 is 43.5 Å². The van der Waals surface area contributed by atoms with Gasteiger partial charge < -0.3 is 10.1 Å². The lowest BCUT2D eigenvalue weighted by molar-refractivity contribution is -0.117. The molecule has 168 valence electrons. The molecule has 0 bridgehead atoms. The number of hydrogen-bond acceptors (Lipinski definition) is 4. The maximum atomic E-state index is 12.9. The van der Waals surface area contributed by atoms with Gasteiger partial charge in [0.1, 0.15) is 11.4 Å². The van der Waals surface area contributed by atoms with E-state index < -0.39 is 11.8 Å². The summed E-state index contributed by atoms with van der Waals surface area (Å²) in [4.78, 5) is 25.6. The van der Waals surface area contributed by atoms with E-state index in [4.69, 9.17) is 16.3 Å². The van der Waals surface area contributed by atoms with Gasteiger partial charge >= 0.3 is 0 Å². The number of carbonyl (C=O) groups excluding carboxylic acids is 2. The minimum Gasteiger partial charge on any atom is -0.495 e. The summed E-state index contributed by atoms with van der Waals surface area (Å²) < 4.78 is 6.91. The molecule has 0 aliphatic rings. The summed E-state index contributed by atoms with van der Waals surface area (Å²) in [5, 5.41) is 6.93. The number of methoxy groups -OCH3 is 1. The minimum absolute atomic E-state index is 0.00524. The Morgan fingerprint density at radius 1 is 1.03 bits per heavy atom.